The molecule has 21 heavy (non-hydrogen) atoms. The number of H-pyrrole nitrogens is 1. The summed E-state index contributed by atoms with van der Waals surface area (Å²) < 4.78 is 0. The first-order valence-corrected chi connectivity index (χ1v) is 7.82. The summed E-state index contributed by atoms with van der Waals surface area (Å²) in [4.78, 5) is 27.7. The average Bonchev–Trinajstić information content (AvgIpc) is 3.14. The number of thiophene rings is 1. The second-order valence-corrected chi connectivity index (χ2v) is 5.69. The summed E-state index contributed by atoms with van der Waals surface area (Å²) in [6.45, 7) is 0. The Hall–Kier alpha value is -2.13. The van der Waals surface area contributed by atoms with Crippen LogP contribution in [0.2, 0.25) is 0 Å². The standard InChI is InChI=1S/C12H13N5O2S2/c1-13-11(19)15-10(18)7-21-12-14-9(16-17-12)5-4-8-3-2-6-20-8/h2-6H,7H2,1H3,(H,14,16,17)(H2,13,15,18,19). The number of carbonyl (C=O) groups is 2. The Morgan fingerprint density at radius 3 is 3.05 bits per heavy atom. The molecule has 2 rings (SSSR count). The van der Waals surface area contributed by atoms with Gasteiger partial charge in [0.1, 0.15) is 5.82 Å². The van der Waals surface area contributed by atoms with Crippen LogP contribution in [0.15, 0.2) is 22.7 Å². The number of hydrogen-bond acceptors (Lipinski definition) is 6. The zero-order valence-electron chi connectivity index (χ0n) is 11.1. The predicted molar refractivity (Wildman–Crippen MR) is 83.0 cm³/mol. The summed E-state index contributed by atoms with van der Waals surface area (Å²) in [5.41, 5.74) is 0. The first-order chi connectivity index (χ1) is 10.2. The van der Waals surface area contributed by atoms with Gasteiger partial charge < -0.3 is 5.32 Å². The van der Waals surface area contributed by atoms with Gasteiger partial charge in [0.25, 0.3) is 0 Å². The van der Waals surface area contributed by atoms with E-state index in [1.807, 2.05) is 29.7 Å². The SMILES string of the molecule is CNC(=O)NC(=O)CSc1n[nH]c(C=Cc2cccs2)n1. The van der Waals surface area contributed by atoms with E-state index in [9.17, 15) is 9.59 Å². The lowest BCUT2D eigenvalue weighted by Gasteiger charge is -2.00. The van der Waals surface area contributed by atoms with Crippen molar-refractivity contribution in [1.29, 1.82) is 0 Å². The number of aromatic nitrogens is 3. The van der Waals surface area contributed by atoms with Crippen LogP contribution in [-0.4, -0.2) is 39.9 Å². The van der Waals surface area contributed by atoms with Crippen LogP contribution in [0.3, 0.4) is 0 Å². The van der Waals surface area contributed by atoms with Crippen molar-refractivity contribution < 1.29 is 9.59 Å². The Kier molecular flexibility index (Phi) is 5.52. The van der Waals surface area contributed by atoms with E-state index >= 15 is 0 Å². The van der Waals surface area contributed by atoms with Gasteiger partial charge in [-0.25, -0.2) is 9.78 Å². The van der Waals surface area contributed by atoms with Gasteiger partial charge in [-0.2, -0.15) is 0 Å². The van der Waals surface area contributed by atoms with E-state index < -0.39 is 11.9 Å². The maximum Gasteiger partial charge on any atom is 0.321 e. The van der Waals surface area contributed by atoms with E-state index in [4.69, 9.17) is 0 Å². The first kappa shape index (κ1) is 15.3. The molecule has 0 aliphatic heterocycles. The molecule has 0 unspecified atom stereocenters. The third kappa shape index (κ3) is 5.04. The van der Waals surface area contributed by atoms with Crippen LogP contribution in [0.25, 0.3) is 12.2 Å². The van der Waals surface area contributed by atoms with Gasteiger partial charge in [-0.15, -0.1) is 16.4 Å². The van der Waals surface area contributed by atoms with E-state index in [-0.39, 0.29) is 5.75 Å². The van der Waals surface area contributed by atoms with Crippen molar-refractivity contribution in [2.45, 2.75) is 5.16 Å². The number of rotatable bonds is 5. The summed E-state index contributed by atoms with van der Waals surface area (Å²) in [6.07, 6.45) is 3.74. The van der Waals surface area contributed by atoms with Crippen LogP contribution in [0.5, 0.6) is 0 Å². The Morgan fingerprint density at radius 2 is 2.33 bits per heavy atom. The van der Waals surface area contributed by atoms with Gasteiger partial charge in [-0.3, -0.25) is 15.2 Å². The van der Waals surface area contributed by atoms with E-state index in [1.165, 1.54) is 7.05 Å². The Bertz CT molecular complexity index is 636. The van der Waals surface area contributed by atoms with Gasteiger partial charge in [-0.1, -0.05) is 17.8 Å². The van der Waals surface area contributed by atoms with Crippen molar-refractivity contribution in [1.82, 2.24) is 25.8 Å². The number of thioether (sulfide) groups is 1. The third-order valence-electron chi connectivity index (χ3n) is 2.24. The Morgan fingerprint density at radius 1 is 1.48 bits per heavy atom. The van der Waals surface area contributed by atoms with Crippen molar-refractivity contribution in [2.24, 2.45) is 0 Å². The molecule has 2 aromatic heterocycles. The lowest BCUT2D eigenvalue weighted by atomic mass is 10.4. The van der Waals surface area contributed by atoms with E-state index in [2.05, 4.69) is 25.8 Å². The van der Waals surface area contributed by atoms with Crippen LogP contribution in [0.1, 0.15) is 10.7 Å². The molecular formula is C12H13N5O2S2. The number of hydrogen-bond donors (Lipinski definition) is 3. The van der Waals surface area contributed by atoms with E-state index in [0.29, 0.717) is 11.0 Å². The van der Waals surface area contributed by atoms with Crippen molar-refractivity contribution in [3.8, 4) is 0 Å². The highest BCUT2D eigenvalue weighted by Crippen LogP contribution is 2.14. The zero-order valence-corrected chi connectivity index (χ0v) is 12.8. The minimum Gasteiger partial charge on any atom is -0.341 e. The number of aromatic amines is 1. The highest BCUT2D eigenvalue weighted by atomic mass is 32.2. The molecule has 0 fully saturated rings. The topological polar surface area (TPSA) is 99.8 Å². The fourth-order valence-electron chi connectivity index (χ4n) is 1.30. The fraction of sp³-hybridized carbons (Fsp3) is 0.167. The molecule has 0 saturated carbocycles. The van der Waals surface area contributed by atoms with Gasteiger partial charge in [0, 0.05) is 11.9 Å². The van der Waals surface area contributed by atoms with Crippen LogP contribution in [0.4, 0.5) is 4.79 Å². The zero-order chi connectivity index (χ0) is 15.1. The summed E-state index contributed by atoms with van der Waals surface area (Å²) in [6, 6.07) is 3.43. The Labute approximate surface area is 129 Å². The van der Waals surface area contributed by atoms with Crippen LogP contribution in [-0.2, 0) is 4.79 Å². The fourth-order valence-corrected chi connectivity index (χ4v) is 2.52. The Balaban J connectivity index is 1.83. The third-order valence-corrected chi connectivity index (χ3v) is 3.93. The highest BCUT2D eigenvalue weighted by molar-refractivity contribution is 7.99. The molecule has 0 spiro atoms. The van der Waals surface area contributed by atoms with Crippen LogP contribution >= 0.6 is 23.1 Å². The molecule has 0 aromatic carbocycles. The lowest BCUT2D eigenvalue weighted by molar-refractivity contribution is -0.117. The molecule has 0 atom stereocenters. The summed E-state index contributed by atoms with van der Waals surface area (Å²) in [7, 11) is 1.44. The van der Waals surface area contributed by atoms with Crippen LogP contribution in [0, 0.1) is 0 Å². The molecule has 2 aromatic rings. The maximum absolute atomic E-state index is 11.4. The van der Waals surface area contributed by atoms with Gasteiger partial charge in [-0.05, 0) is 23.6 Å². The summed E-state index contributed by atoms with van der Waals surface area (Å²) in [5.74, 6) is 0.275. The molecule has 0 aliphatic rings. The first-order valence-electron chi connectivity index (χ1n) is 5.95. The number of nitrogens with one attached hydrogen (secondary N) is 3. The monoisotopic (exact) mass is 323 g/mol. The summed E-state index contributed by atoms with van der Waals surface area (Å²) in [5, 5.41) is 13.7. The highest BCUT2D eigenvalue weighted by Gasteiger charge is 2.09. The van der Waals surface area contributed by atoms with Gasteiger partial charge >= 0.3 is 6.03 Å². The predicted octanol–water partition coefficient (Wildman–Crippen LogP) is 1.58. The number of urea groups is 1. The second-order valence-electron chi connectivity index (χ2n) is 3.77. The molecule has 110 valence electrons. The lowest BCUT2D eigenvalue weighted by Crippen LogP contribution is -2.38. The van der Waals surface area contributed by atoms with Gasteiger partial charge in [0.05, 0.1) is 5.75 Å². The molecule has 2 heterocycles. The smallest absolute Gasteiger partial charge is 0.321 e. The molecule has 0 radical (unpaired) electrons. The quantitative estimate of drug-likeness (QED) is 0.726. The summed E-state index contributed by atoms with van der Waals surface area (Å²) >= 11 is 2.77. The largest absolute Gasteiger partial charge is 0.341 e. The molecule has 0 bridgehead atoms. The number of nitrogens with zero attached hydrogens (tertiary/aromatic N) is 2. The minimum atomic E-state index is -0.532. The van der Waals surface area contributed by atoms with Crippen molar-refractivity contribution in [2.75, 3.05) is 12.8 Å². The normalized spacial score (nSPS) is 10.7. The van der Waals surface area contributed by atoms with Crippen molar-refractivity contribution >= 4 is 47.2 Å². The van der Waals surface area contributed by atoms with E-state index in [0.717, 1.165) is 16.6 Å². The molecule has 9 heteroatoms. The van der Waals surface area contributed by atoms with E-state index in [1.54, 1.807) is 11.3 Å². The molecule has 0 saturated heterocycles. The molecule has 0 aliphatic carbocycles. The molecular weight excluding hydrogens is 310 g/mol. The molecule has 3 amide bonds. The molecule has 3 N–H and O–H groups in total. The van der Waals surface area contributed by atoms with Crippen molar-refractivity contribution in [3.05, 3.63) is 28.2 Å². The van der Waals surface area contributed by atoms with Crippen LogP contribution < -0.4 is 10.6 Å². The minimum absolute atomic E-state index is 0.0688. The maximum atomic E-state index is 11.4. The average molecular weight is 323 g/mol. The van der Waals surface area contributed by atoms with Gasteiger partial charge in [0.15, 0.2) is 0 Å². The molecule has 7 nitrogen and oxygen atoms in total. The number of amides is 3. The number of imide groups is 1. The second kappa shape index (κ2) is 7.60. The van der Waals surface area contributed by atoms with Crippen molar-refractivity contribution in [3.63, 3.8) is 0 Å². The van der Waals surface area contributed by atoms with Gasteiger partial charge in [0.2, 0.25) is 11.1 Å². The number of carbonyl (C=O) groups excluding carboxylic acids is 2.